The van der Waals surface area contributed by atoms with Crippen LogP contribution in [0.4, 0.5) is 7.77 Å². The molecule has 0 heterocycles. The van der Waals surface area contributed by atoms with E-state index in [4.69, 9.17) is 8.42 Å². The third-order valence-corrected chi connectivity index (χ3v) is 0. The molecule has 0 saturated carbocycles. The van der Waals surface area contributed by atoms with E-state index in [1.807, 2.05) is 0 Å². The van der Waals surface area contributed by atoms with Gasteiger partial charge in [0.25, 0.3) is 0 Å². The molecule has 0 atom stereocenters. The van der Waals surface area contributed by atoms with Crippen LogP contribution < -0.4 is 29.6 Å². The summed E-state index contributed by atoms with van der Waals surface area (Å²) in [5.74, 6) is 0. The van der Waals surface area contributed by atoms with Crippen LogP contribution in [0.1, 0.15) is 1.43 Å². The normalized spacial score (nSPS) is 9.67. The molecule has 34 valence electrons. The summed E-state index contributed by atoms with van der Waals surface area (Å²) in [5.41, 5.74) is 0. The molecule has 0 aromatic heterocycles. The molecule has 0 spiro atoms. The van der Waals surface area contributed by atoms with E-state index in [2.05, 4.69) is 0 Å². The molecule has 2 nitrogen and oxygen atoms in total. The number of rotatable bonds is 0. The Morgan fingerprint density at radius 3 is 1.33 bits per heavy atom. The molecule has 0 aromatic rings. The minimum absolute atomic E-state index is 0. The van der Waals surface area contributed by atoms with Crippen LogP contribution >= 0.6 is 0 Å². The summed E-state index contributed by atoms with van der Waals surface area (Å²) in [6, 6.07) is 0. The Labute approximate surface area is 57.8 Å². The van der Waals surface area contributed by atoms with Crippen LogP contribution in [0, 0.1) is 0 Å². The van der Waals surface area contributed by atoms with Crippen molar-refractivity contribution in [3.8, 4) is 0 Å². The van der Waals surface area contributed by atoms with Gasteiger partial charge in [-0.05, 0) is 0 Å². The van der Waals surface area contributed by atoms with Gasteiger partial charge in [-0.1, -0.05) is 7.77 Å². The van der Waals surface area contributed by atoms with Crippen LogP contribution in [0.3, 0.4) is 0 Å². The maximum Gasteiger partial charge on any atom is 1.00 e. The van der Waals surface area contributed by atoms with Crippen molar-refractivity contribution in [2.45, 2.75) is 0 Å². The van der Waals surface area contributed by atoms with E-state index >= 15 is 0 Å². The molecular weight excluding hydrogens is 125 g/mol. The summed E-state index contributed by atoms with van der Waals surface area (Å²) >= 11 is 0. The molecule has 0 unspecified atom stereocenters. The third-order valence-electron chi connectivity index (χ3n) is 0. The Bertz CT molecular complexity index is 98.9. The van der Waals surface area contributed by atoms with Gasteiger partial charge in [0.15, 0.2) is 0 Å². The molecular formula is HF2NaO2S. The van der Waals surface area contributed by atoms with Crippen molar-refractivity contribution in [3.05, 3.63) is 0 Å². The molecule has 0 radical (unpaired) electrons. The monoisotopic (exact) mass is 126 g/mol. The summed E-state index contributed by atoms with van der Waals surface area (Å²) in [4.78, 5) is 0. The van der Waals surface area contributed by atoms with E-state index in [0.717, 1.165) is 0 Å². The summed E-state index contributed by atoms with van der Waals surface area (Å²) in [6.07, 6.45) is 0. The molecule has 0 aromatic carbocycles. The molecule has 0 fully saturated rings. The van der Waals surface area contributed by atoms with Crippen molar-refractivity contribution in [2.24, 2.45) is 0 Å². The van der Waals surface area contributed by atoms with Crippen LogP contribution in [0.2, 0.25) is 0 Å². The fourth-order valence-electron chi connectivity index (χ4n) is 0. The van der Waals surface area contributed by atoms with Gasteiger partial charge in [-0.2, -0.15) is 8.42 Å². The van der Waals surface area contributed by atoms with Gasteiger partial charge in [0.1, 0.15) is 0 Å². The van der Waals surface area contributed by atoms with Gasteiger partial charge in [-0.25, -0.2) is 0 Å². The van der Waals surface area contributed by atoms with Crippen LogP contribution in [0.15, 0.2) is 0 Å². The summed E-state index contributed by atoms with van der Waals surface area (Å²) < 4.78 is 36.6. The smallest absolute Gasteiger partial charge is 1.00 e. The zero-order chi connectivity index (χ0) is 4.50. The first kappa shape index (κ1) is 9.94. The van der Waals surface area contributed by atoms with E-state index in [1.54, 1.807) is 0 Å². The standard InChI is InChI=1S/F2O2S.Na.H/c1-5(2,3)4;;/q;+1;-1. The average Bonchev–Trinajstić information content (AvgIpc) is 0.722. The fraction of sp³-hybridized carbons (Fsp3) is 0. The Morgan fingerprint density at radius 2 is 1.33 bits per heavy atom. The van der Waals surface area contributed by atoms with Crippen molar-refractivity contribution < 1.29 is 47.2 Å². The van der Waals surface area contributed by atoms with Crippen molar-refractivity contribution in [1.82, 2.24) is 0 Å². The van der Waals surface area contributed by atoms with Crippen molar-refractivity contribution >= 4 is 10.6 Å². The van der Waals surface area contributed by atoms with E-state index in [-0.39, 0.29) is 31.0 Å². The summed E-state index contributed by atoms with van der Waals surface area (Å²) in [7, 11) is -5.67. The Hall–Kier alpha value is 0.810. The van der Waals surface area contributed by atoms with Gasteiger partial charge in [-0.15, -0.1) is 0 Å². The van der Waals surface area contributed by atoms with E-state index in [0.29, 0.717) is 0 Å². The maximum absolute atomic E-state index is 9.99. The molecule has 0 aliphatic rings. The maximum atomic E-state index is 9.99. The third kappa shape index (κ3) is 106. The first-order valence-corrected chi connectivity index (χ1v) is 1.93. The Kier molecular flexibility index (Phi) is 4.80. The van der Waals surface area contributed by atoms with Crippen molar-refractivity contribution in [2.75, 3.05) is 0 Å². The first-order chi connectivity index (χ1) is 2.00. The first-order valence-electron chi connectivity index (χ1n) is 0.642. The number of halogens is 2. The average molecular weight is 126 g/mol. The zero-order valence-electron chi connectivity index (χ0n) is 3.98. The Morgan fingerprint density at radius 1 is 1.33 bits per heavy atom. The minimum atomic E-state index is -5.67. The number of hydrogen-bond donors (Lipinski definition) is 0. The number of hydrogen-bond acceptors (Lipinski definition) is 2. The van der Waals surface area contributed by atoms with Gasteiger partial charge in [0.05, 0.1) is 0 Å². The molecule has 0 amide bonds. The van der Waals surface area contributed by atoms with E-state index in [9.17, 15) is 7.77 Å². The molecule has 0 bridgehead atoms. The summed E-state index contributed by atoms with van der Waals surface area (Å²) in [6.45, 7) is 0. The quantitative estimate of drug-likeness (QED) is 0.261. The van der Waals surface area contributed by atoms with Crippen molar-refractivity contribution in [3.63, 3.8) is 0 Å². The molecule has 0 rings (SSSR count). The topological polar surface area (TPSA) is 34.1 Å². The van der Waals surface area contributed by atoms with Gasteiger partial charge in [0.2, 0.25) is 0 Å². The second-order valence-electron chi connectivity index (χ2n) is 0.378. The molecule has 6 heteroatoms. The molecule has 0 aliphatic carbocycles. The van der Waals surface area contributed by atoms with Crippen LogP contribution in [-0.4, -0.2) is 8.42 Å². The van der Waals surface area contributed by atoms with Gasteiger partial charge >= 0.3 is 40.2 Å². The minimum Gasteiger partial charge on any atom is -1.00 e. The van der Waals surface area contributed by atoms with Crippen LogP contribution in [0.25, 0.3) is 0 Å². The summed E-state index contributed by atoms with van der Waals surface area (Å²) in [5, 5.41) is 0. The predicted octanol–water partition coefficient (Wildman–Crippen LogP) is -2.71. The van der Waals surface area contributed by atoms with Crippen LogP contribution in [0.5, 0.6) is 0 Å². The van der Waals surface area contributed by atoms with E-state index < -0.39 is 10.6 Å². The predicted molar refractivity (Wildman–Crippen MR) is 12.2 cm³/mol. The molecule has 6 heavy (non-hydrogen) atoms. The largest absolute Gasteiger partial charge is 1.00 e. The van der Waals surface area contributed by atoms with Gasteiger partial charge < -0.3 is 1.43 Å². The van der Waals surface area contributed by atoms with Gasteiger partial charge in [-0.3, -0.25) is 0 Å². The zero-order valence-corrected chi connectivity index (χ0v) is 5.80. The SMILES string of the molecule is O=S(=O)(F)F.[H-].[Na+]. The van der Waals surface area contributed by atoms with E-state index in [1.165, 1.54) is 0 Å². The van der Waals surface area contributed by atoms with Gasteiger partial charge in [0, 0.05) is 0 Å². The molecule has 0 aliphatic heterocycles. The Balaban J connectivity index is -0.0000000800. The second kappa shape index (κ2) is 2.90. The fourth-order valence-corrected chi connectivity index (χ4v) is 0. The molecule has 0 N–H and O–H groups in total. The molecule has 0 saturated heterocycles. The second-order valence-corrected chi connectivity index (χ2v) is 1.14. The van der Waals surface area contributed by atoms with Crippen molar-refractivity contribution in [1.29, 1.82) is 0 Å². The van der Waals surface area contributed by atoms with Crippen LogP contribution in [-0.2, 0) is 10.6 Å².